The average Bonchev–Trinajstić information content (AvgIpc) is 2.56. The molecule has 1 aliphatic rings. The summed E-state index contributed by atoms with van der Waals surface area (Å²) >= 11 is 0. The maximum Gasteiger partial charge on any atom is 0.259 e. The summed E-state index contributed by atoms with van der Waals surface area (Å²) in [6, 6.07) is 9.60. The molecule has 0 spiro atoms. The summed E-state index contributed by atoms with van der Waals surface area (Å²) in [4.78, 5) is 21.2. The van der Waals surface area contributed by atoms with Crippen LogP contribution in [0.5, 0.6) is 0 Å². The fraction of sp³-hybridized carbons (Fsp3) is 0.353. The topological polar surface area (TPSA) is 66.9 Å². The number of para-hydroxylation sites is 1. The Balaban J connectivity index is 1.75. The van der Waals surface area contributed by atoms with Gasteiger partial charge in [0, 0.05) is 11.9 Å². The molecule has 0 saturated carbocycles. The number of amides is 1. The number of rotatable bonds is 3. The maximum atomic E-state index is 12.3. The highest BCUT2D eigenvalue weighted by Gasteiger charge is 2.19. The van der Waals surface area contributed by atoms with Crippen molar-refractivity contribution in [2.75, 3.05) is 11.9 Å². The van der Waals surface area contributed by atoms with Gasteiger partial charge in [0.2, 0.25) is 0 Å². The van der Waals surface area contributed by atoms with E-state index in [4.69, 9.17) is 0 Å². The molecule has 1 aromatic carbocycles. The van der Waals surface area contributed by atoms with Crippen molar-refractivity contribution in [2.24, 2.45) is 0 Å². The van der Waals surface area contributed by atoms with E-state index in [-0.39, 0.29) is 11.9 Å². The summed E-state index contributed by atoms with van der Waals surface area (Å²) in [5.74, 6) is 0.611. The first-order valence-corrected chi connectivity index (χ1v) is 7.67. The summed E-state index contributed by atoms with van der Waals surface area (Å²) in [7, 11) is 0. The van der Waals surface area contributed by atoms with Crippen LogP contribution in [0, 0.1) is 6.92 Å². The number of hydrogen-bond acceptors (Lipinski definition) is 4. The number of benzene rings is 1. The van der Waals surface area contributed by atoms with Crippen LogP contribution in [-0.2, 0) is 0 Å². The Kier molecular flexibility index (Phi) is 4.44. The Morgan fingerprint density at radius 2 is 2.09 bits per heavy atom. The highest BCUT2D eigenvalue weighted by Crippen LogP contribution is 2.20. The number of aryl methyl sites for hydroxylation is 1. The van der Waals surface area contributed by atoms with Gasteiger partial charge in [-0.3, -0.25) is 4.79 Å². The summed E-state index contributed by atoms with van der Waals surface area (Å²) in [5.41, 5.74) is 2.00. The van der Waals surface area contributed by atoms with Gasteiger partial charge in [0.15, 0.2) is 0 Å². The number of nitrogens with zero attached hydrogens (tertiary/aromatic N) is 2. The van der Waals surface area contributed by atoms with Crippen molar-refractivity contribution in [1.82, 2.24) is 15.3 Å². The van der Waals surface area contributed by atoms with Crippen LogP contribution < -0.4 is 10.6 Å². The van der Waals surface area contributed by atoms with Gasteiger partial charge in [0.1, 0.15) is 5.82 Å². The van der Waals surface area contributed by atoms with Crippen molar-refractivity contribution in [3.8, 4) is 0 Å². The van der Waals surface area contributed by atoms with E-state index in [0.717, 1.165) is 24.5 Å². The molecule has 2 N–H and O–H groups in total. The van der Waals surface area contributed by atoms with E-state index in [1.54, 1.807) is 6.20 Å². The molecule has 1 atom stereocenters. The van der Waals surface area contributed by atoms with Crippen molar-refractivity contribution in [3.63, 3.8) is 0 Å². The van der Waals surface area contributed by atoms with Crippen molar-refractivity contribution in [2.45, 2.75) is 32.2 Å². The number of anilines is 1. The van der Waals surface area contributed by atoms with Crippen molar-refractivity contribution in [3.05, 3.63) is 53.6 Å². The van der Waals surface area contributed by atoms with Gasteiger partial charge in [-0.15, -0.1) is 0 Å². The van der Waals surface area contributed by atoms with Gasteiger partial charge in [0.25, 0.3) is 5.91 Å². The second kappa shape index (κ2) is 6.66. The lowest BCUT2D eigenvalue weighted by molar-refractivity contribution is 0.102. The third kappa shape index (κ3) is 3.31. The van der Waals surface area contributed by atoms with Crippen molar-refractivity contribution >= 4 is 11.6 Å². The molecule has 1 unspecified atom stereocenters. The zero-order chi connectivity index (χ0) is 15.4. The molecule has 0 bridgehead atoms. The fourth-order valence-electron chi connectivity index (χ4n) is 2.67. The van der Waals surface area contributed by atoms with Gasteiger partial charge in [-0.05, 0) is 38.4 Å². The average molecular weight is 296 g/mol. The molecular formula is C17H20N4O. The standard InChI is InChI=1S/C17H20N4O/c1-12-14(17(22)21-13-7-3-2-4-8-13)11-19-16(20-12)15-9-5-6-10-18-15/h2-4,7-8,11,15,18H,5-6,9-10H2,1H3,(H,21,22). The smallest absolute Gasteiger partial charge is 0.259 e. The van der Waals surface area contributed by atoms with Gasteiger partial charge in [0.05, 0.1) is 17.3 Å². The number of hydrogen-bond donors (Lipinski definition) is 2. The highest BCUT2D eigenvalue weighted by molar-refractivity contribution is 6.04. The Hall–Kier alpha value is -2.27. The Morgan fingerprint density at radius 1 is 1.27 bits per heavy atom. The molecule has 2 heterocycles. The quantitative estimate of drug-likeness (QED) is 0.914. The number of carbonyl (C=O) groups excluding carboxylic acids is 1. The van der Waals surface area contributed by atoms with Crippen LogP contribution in [0.2, 0.25) is 0 Å². The first-order chi connectivity index (χ1) is 10.7. The minimum Gasteiger partial charge on any atom is -0.322 e. The Labute approximate surface area is 130 Å². The molecule has 1 saturated heterocycles. The largest absolute Gasteiger partial charge is 0.322 e. The Bertz CT molecular complexity index is 651. The van der Waals surface area contributed by atoms with Gasteiger partial charge in [-0.2, -0.15) is 0 Å². The second-order valence-electron chi connectivity index (χ2n) is 5.55. The van der Waals surface area contributed by atoms with E-state index in [2.05, 4.69) is 20.6 Å². The highest BCUT2D eigenvalue weighted by atomic mass is 16.1. The fourth-order valence-corrected chi connectivity index (χ4v) is 2.67. The van der Waals surface area contributed by atoms with E-state index in [1.165, 1.54) is 12.8 Å². The zero-order valence-electron chi connectivity index (χ0n) is 12.7. The monoisotopic (exact) mass is 296 g/mol. The third-order valence-corrected chi connectivity index (χ3v) is 3.90. The lowest BCUT2D eigenvalue weighted by atomic mass is 10.0. The van der Waals surface area contributed by atoms with Gasteiger partial charge in [-0.1, -0.05) is 24.6 Å². The van der Waals surface area contributed by atoms with Crippen LogP contribution in [0.3, 0.4) is 0 Å². The van der Waals surface area contributed by atoms with E-state index in [9.17, 15) is 4.79 Å². The predicted octanol–water partition coefficient (Wildman–Crippen LogP) is 2.85. The minimum atomic E-state index is -0.174. The summed E-state index contributed by atoms with van der Waals surface area (Å²) in [6.07, 6.45) is 5.07. The lowest BCUT2D eigenvalue weighted by Crippen LogP contribution is -2.29. The second-order valence-corrected chi connectivity index (χ2v) is 5.55. The summed E-state index contributed by atoms with van der Waals surface area (Å²) < 4.78 is 0. The lowest BCUT2D eigenvalue weighted by Gasteiger charge is -2.22. The van der Waals surface area contributed by atoms with Gasteiger partial charge < -0.3 is 10.6 Å². The molecule has 5 heteroatoms. The molecule has 1 amide bonds. The van der Waals surface area contributed by atoms with Crippen LogP contribution in [0.4, 0.5) is 5.69 Å². The third-order valence-electron chi connectivity index (χ3n) is 3.90. The molecule has 5 nitrogen and oxygen atoms in total. The number of nitrogens with one attached hydrogen (secondary N) is 2. The van der Waals surface area contributed by atoms with Gasteiger partial charge >= 0.3 is 0 Å². The van der Waals surface area contributed by atoms with E-state index >= 15 is 0 Å². The van der Waals surface area contributed by atoms with E-state index in [1.807, 2.05) is 37.3 Å². The van der Waals surface area contributed by atoms with Crippen LogP contribution >= 0.6 is 0 Å². The first-order valence-electron chi connectivity index (χ1n) is 7.67. The summed E-state index contributed by atoms with van der Waals surface area (Å²) in [6.45, 7) is 2.86. The minimum absolute atomic E-state index is 0.174. The Morgan fingerprint density at radius 3 is 2.77 bits per heavy atom. The van der Waals surface area contributed by atoms with E-state index < -0.39 is 0 Å². The predicted molar refractivity (Wildman–Crippen MR) is 85.8 cm³/mol. The SMILES string of the molecule is Cc1nc(C2CCCCN2)ncc1C(=O)Nc1ccccc1. The number of aromatic nitrogens is 2. The number of carbonyl (C=O) groups is 1. The molecule has 22 heavy (non-hydrogen) atoms. The summed E-state index contributed by atoms with van der Waals surface area (Å²) in [5, 5.41) is 6.29. The van der Waals surface area contributed by atoms with Crippen molar-refractivity contribution < 1.29 is 4.79 Å². The molecule has 0 radical (unpaired) electrons. The molecule has 1 aromatic heterocycles. The molecule has 2 aromatic rings. The van der Waals surface area contributed by atoms with Crippen LogP contribution in [-0.4, -0.2) is 22.4 Å². The molecule has 1 aliphatic heterocycles. The molecular weight excluding hydrogens is 276 g/mol. The van der Waals surface area contributed by atoms with Crippen molar-refractivity contribution in [1.29, 1.82) is 0 Å². The molecule has 0 aliphatic carbocycles. The molecule has 3 rings (SSSR count). The van der Waals surface area contributed by atoms with Gasteiger partial charge in [-0.25, -0.2) is 9.97 Å². The normalized spacial score (nSPS) is 18.0. The molecule has 114 valence electrons. The van der Waals surface area contributed by atoms with Crippen LogP contribution in [0.15, 0.2) is 36.5 Å². The first kappa shape index (κ1) is 14.7. The maximum absolute atomic E-state index is 12.3. The zero-order valence-corrected chi connectivity index (χ0v) is 12.7. The van der Waals surface area contributed by atoms with E-state index in [0.29, 0.717) is 11.3 Å². The van der Waals surface area contributed by atoms with Crippen LogP contribution in [0.1, 0.15) is 47.2 Å². The number of piperidine rings is 1. The van der Waals surface area contributed by atoms with Crippen LogP contribution in [0.25, 0.3) is 0 Å². The molecule has 1 fully saturated rings.